The summed E-state index contributed by atoms with van der Waals surface area (Å²) in [6.07, 6.45) is 4.87. The minimum Gasteiger partial charge on any atom is -0.448 e. The zero-order valence-electron chi connectivity index (χ0n) is 15.9. The Kier molecular flexibility index (Phi) is 2.86. The number of carbonyl (C=O) groups excluding carboxylic acids is 2. The molecule has 4 aliphatic rings. The molecule has 4 nitrogen and oxygen atoms in total. The summed E-state index contributed by atoms with van der Waals surface area (Å²) in [6.45, 7) is 13.0. The lowest BCUT2D eigenvalue weighted by atomic mass is 9.65. The molecule has 5 atom stereocenters. The second-order valence-corrected chi connectivity index (χ2v) is 10.3. The van der Waals surface area contributed by atoms with Crippen molar-refractivity contribution < 1.29 is 14.3 Å². The molecule has 4 fully saturated rings. The average molecular weight is 333 g/mol. The Labute approximate surface area is 145 Å². The van der Waals surface area contributed by atoms with Crippen LogP contribution in [0.5, 0.6) is 0 Å². The van der Waals surface area contributed by atoms with E-state index in [-0.39, 0.29) is 28.7 Å². The van der Waals surface area contributed by atoms with Crippen LogP contribution in [0.15, 0.2) is 0 Å². The van der Waals surface area contributed by atoms with Gasteiger partial charge in [-0.2, -0.15) is 0 Å². The molecule has 0 unspecified atom stereocenters. The molecule has 134 valence electrons. The Morgan fingerprint density at radius 3 is 2.17 bits per heavy atom. The number of ether oxygens (including phenoxy) is 1. The number of nitrogens with one attached hydrogen (secondary N) is 1. The van der Waals surface area contributed by atoms with Crippen molar-refractivity contribution >= 4 is 11.9 Å². The maximum absolute atomic E-state index is 13.3. The smallest absolute Gasteiger partial charge is 0.313 e. The molecule has 0 aromatic carbocycles. The van der Waals surface area contributed by atoms with Crippen molar-refractivity contribution in [3.05, 3.63) is 0 Å². The van der Waals surface area contributed by atoms with Crippen LogP contribution < -0.4 is 5.32 Å². The maximum Gasteiger partial charge on any atom is 0.313 e. The highest BCUT2D eigenvalue weighted by Crippen LogP contribution is 2.67. The van der Waals surface area contributed by atoms with E-state index in [1.807, 2.05) is 20.8 Å². The molecule has 24 heavy (non-hydrogen) atoms. The molecule has 1 saturated heterocycles. The average Bonchev–Trinajstić information content (AvgIpc) is 2.97. The van der Waals surface area contributed by atoms with Crippen molar-refractivity contribution in [1.29, 1.82) is 0 Å². The number of amides is 1. The van der Waals surface area contributed by atoms with Gasteiger partial charge in [0.1, 0.15) is 0 Å². The minimum atomic E-state index is -0.985. The molecule has 0 aromatic heterocycles. The van der Waals surface area contributed by atoms with E-state index in [9.17, 15) is 9.59 Å². The molecule has 1 aliphatic heterocycles. The molecule has 4 rings (SSSR count). The van der Waals surface area contributed by atoms with E-state index in [4.69, 9.17) is 4.74 Å². The van der Waals surface area contributed by atoms with Gasteiger partial charge in [0.15, 0.2) is 5.60 Å². The lowest BCUT2D eigenvalue weighted by Crippen LogP contribution is -2.58. The Balaban J connectivity index is 1.62. The van der Waals surface area contributed by atoms with E-state index in [2.05, 4.69) is 26.1 Å². The highest BCUT2D eigenvalue weighted by atomic mass is 16.6. The third kappa shape index (κ3) is 1.44. The molecule has 3 saturated carbocycles. The summed E-state index contributed by atoms with van der Waals surface area (Å²) in [5.74, 6) is 0.420. The summed E-state index contributed by atoms with van der Waals surface area (Å²) in [5, 5.41) is 3.34. The van der Waals surface area contributed by atoms with Crippen LogP contribution >= 0.6 is 0 Å². The molecular formula is C20H31NO3. The quantitative estimate of drug-likeness (QED) is 0.788. The van der Waals surface area contributed by atoms with Crippen LogP contribution in [-0.4, -0.2) is 23.5 Å². The van der Waals surface area contributed by atoms with Gasteiger partial charge in [-0.3, -0.25) is 9.59 Å². The summed E-state index contributed by atoms with van der Waals surface area (Å²) in [7, 11) is 0. The number of carbonyl (C=O) groups is 2. The summed E-state index contributed by atoms with van der Waals surface area (Å²) < 4.78 is 5.75. The van der Waals surface area contributed by atoms with Crippen LogP contribution in [0.25, 0.3) is 0 Å². The molecule has 1 N–H and O–H groups in total. The van der Waals surface area contributed by atoms with Crippen LogP contribution in [0.1, 0.15) is 73.6 Å². The van der Waals surface area contributed by atoms with Gasteiger partial charge in [-0.05, 0) is 55.8 Å². The molecule has 3 aliphatic carbocycles. The first kappa shape index (κ1) is 16.4. The Morgan fingerprint density at radius 2 is 1.75 bits per heavy atom. The van der Waals surface area contributed by atoms with E-state index in [1.54, 1.807) is 0 Å². The fourth-order valence-corrected chi connectivity index (χ4v) is 6.44. The van der Waals surface area contributed by atoms with Crippen molar-refractivity contribution in [2.75, 3.05) is 0 Å². The van der Waals surface area contributed by atoms with E-state index < -0.39 is 16.4 Å². The summed E-state index contributed by atoms with van der Waals surface area (Å²) >= 11 is 0. The number of hydrogen-bond donors (Lipinski definition) is 1. The third-order valence-electron chi connectivity index (χ3n) is 9.55. The second-order valence-electron chi connectivity index (χ2n) is 10.3. The van der Waals surface area contributed by atoms with Crippen molar-refractivity contribution in [2.45, 2.75) is 85.3 Å². The minimum absolute atomic E-state index is 0.0587. The van der Waals surface area contributed by atoms with Crippen LogP contribution in [0.2, 0.25) is 0 Å². The molecule has 1 amide bonds. The molecule has 1 heterocycles. The second kappa shape index (κ2) is 4.19. The maximum atomic E-state index is 13.3. The van der Waals surface area contributed by atoms with Gasteiger partial charge in [0.05, 0.1) is 5.41 Å². The summed E-state index contributed by atoms with van der Waals surface area (Å²) in [4.78, 5) is 25.7. The zero-order chi connectivity index (χ0) is 17.8. The van der Waals surface area contributed by atoms with Crippen LogP contribution in [-0.2, 0) is 14.3 Å². The summed E-state index contributed by atoms with van der Waals surface area (Å²) in [5.41, 5.74) is -1.59. The standard InChI is InChI=1S/C20H31NO3/c1-16(2)12-7-8-18(16,5)13(11-12)21-14(22)20-10-9-19(6,15(23)24-20)17(20,3)4/h12-13H,7-11H2,1-6H3,(H,21,22)/t12-,13-,18+,19+,20-/m0/s1. The monoisotopic (exact) mass is 333 g/mol. The first-order valence-corrected chi connectivity index (χ1v) is 9.47. The van der Waals surface area contributed by atoms with E-state index in [0.717, 1.165) is 12.8 Å². The third-order valence-corrected chi connectivity index (χ3v) is 9.55. The first-order chi connectivity index (χ1) is 10.9. The zero-order valence-corrected chi connectivity index (χ0v) is 15.9. The lowest BCUT2D eigenvalue weighted by Gasteiger charge is -2.42. The topological polar surface area (TPSA) is 55.4 Å². The van der Waals surface area contributed by atoms with Crippen molar-refractivity contribution in [3.8, 4) is 0 Å². The van der Waals surface area contributed by atoms with E-state index in [0.29, 0.717) is 12.3 Å². The van der Waals surface area contributed by atoms with E-state index >= 15 is 0 Å². The SMILES string of the molecule is CC1(C)[C@@]2(C(=O)N[C@H]3C[C@@H]4CC[C@@]3(C)C4(C)C)CC[C@]1(C)C(=O)O2. The van der Waals surface area contributed by atoms with Gasteiger partial charge in [0.25, 0.3) is 5.91 Å². The largest absolute Gasteiger partial charge is 0.448 e. The number of hydrogen-bond acceptors (Lipinski definition) is 3. The van der Waals surface area contributed by atoms with Crippen LogP contribution in [0, 0.1) is 27.6 Å². The van der Waals surface area contributed by atoms with Gasteiger partial charge < -0.3 is 10.1 Å². The highest BCUT2D eigenvalue weighted by molar-refractivity contribution is 5.96. The van der Waals surface area contributed by atoms with Gasteiger partial charge in [-0.25, -0.2) is 0 Å². The first-order valence-electron chi connectivity index (χ1n) is 9.47. The van der Waals surface area contributed by atoms with Gasteiger partial charge in [0, 0.05) is 11.5 Å². The Hall–Kier alpha value is -1.06. The Bertz CT molecular complexity index is 639. The molecule has 0 spiro atoms. The van der Waals surface area contributed by atoms with E-state index in [1.165, 1.54) is 12.8 Å². The number of rotatable bonds is 2. The van der Waals surface area contributed by atoms with Gasteiger partial charge in [0.2, 0.25) is 0 Å². The lowest BCUT2D eigenvalue weighted by molar-refractivity contribution is -0.169. The molecule has 0 aromatic rings. The highest BCUT2D eigenvalue weighted by Gasteiger charge is 2.76. The molecule has 4 heteroatoms. The molecule has 0 radical (unpaired) electrons. The number of fused-ring (bicyclic) bond motifs is 4. The predicted molar refractivity (Wildman–Crippen MR) is 91.1 cm³/mol. The van der Waals surface area contributed by atoms with Gasteiger partial charge >= 0.3 is 5.97 Å². The molecule has 4 bridgehead atoms. The van der Waals surface area contributed by atoms with Gasteiger partial charge in [-0.1, -0.05) is 34.6 Å². The fourth-order valence-electron chi connectivity index (χ4n) is 6.44. The predicted octanol–water partition coefficient (Wildman–Crippen LogP) is 3.44. The fraction of sp³-hybridized carbons (Fsp3) is 0.900. The summed E-state index contributed by atoms with van der Waals surface area (Å²) in [6, 6.07) is 0.190. The van der Waals surface area contributed by atoms with Gasteiger partial charge in [-0.15, -0.1) is 0 Å². The van der Waals surface area contributed by atoms with Crippen molar-refractivity contribution in [3.63, 3.8) is 0 Å². The molecular weight excluding hydrogens is 302 g/mol. The number of esters is 1. The normalized spacial score (nSPS) is 50.2. The van der Waals surface area contributed by atoms with Crippen molar-refractivity contribution in [2.24, 2.45) is 27.6 Å². The Morgan fingerprint density at radius 1 is 1.08 bits per heavy atom. The van der Waals surface area contributed by atoms with Crippen LogP contribution in [0.4, 0.5) is 0 Å². The van der Waals surface area contributed by atoms with Crippen LogP contribution in [0.3, 0.4) is 0 Å². The van der Waals surface area contributed by atoms with Crippen molar-refractivity contribution in [1.82, 2.24) is 5.32 Å².